The highest BCUT2D eigenvalue weighted by molar-refractivity contribution is 6.02. The molecule has 0 atom stereocenters. The van der Waals surface area contributed by atoms with Crippen molar-refractivity contribution in [2.45, 2.75) is 19.2 Å². The van der Waals surface area contributed by atoms with E-state index < -0.39 is 12.3 Å². The van der Waals surface area contributed by atoms with Gasteiger partial charge in [-0.3, -0.25) is 4.79 Å². The first-order valence-electron chi connectivity index (χ1n) is 7.66. The molecule has 0 bridgehead atoms. The van der Waals surface area contributed by atoms with Gasteiger partial charge in [-0.25, -0.2) is 0 Å². The van der Waals surface area contributed by atoms with Gasteiger partial charge in [0.05, 0.1) is 0 Å². The molecule has 0 saturated carbocycles. The molecule has 6 nitrogen and oxygen atoms in total. The molecular formula is C16H15F3N4O2. The molecule has 1 fully saturated rings. The van der Waals surface area contributed by atoms with E-state index in [4.69, 9.17) is 0 Å². The fourth-order valence-electron chi connectivity index (χ4n) is 2.50. The van der Waals surface area contributed by atoms with Crippen molar-refractivity contribution in [1.82, 2.24) is 10.2 Å². The minimum absolute atomic E-state index is 0.124. The van der Waals surface area contributed by atoms with Crippen LogP contribution in [-0.2, 0) is 0 Å². The molecule has 1 aliphatic rings. The molecule has 0 radical (unpaired) electrons. The standard InChI is InChI=1S/C16H15F3N4O2/c17-16(18,19)25-12-5-3-11(4-6-12)20-15(24)13-7-8-14(22-21-13)23-9-1-2-10-23/h3-8H,1-2,9-10H2,(H,20,24). The molecule has 3 rings (SSSR count). The van der Waals surface area contributed by atoms with E-state index >= 15 is 0 Å². The van der Waals surface area contributed by atoms with Gasteiger partial charge in [-0.15, -0.1) is 23.4 Å². The molecule has 2 heterocycles. The van der Waals surface area contributed by atoms with Crippen molar-refractivity contribution in [1.29, 1.82) is 0 Å². The third-order valence-electron chi connectivity index (χ3n) is 3.66. The zero-order chi connectivity index (χ0) is 17.9. The summed E-state index contributed by atoms with van der Waals surface area (Å²) in [4.78, 5) is 14.2. The number of alkyl halides is 3. The fraction of sp³-hybridized carbons (Fsp3) is 0.312. The van der Waals surface area contributed by atoms with Gasteiger partial charge in [0.1, 0.15) is 5.75 Å². The van der Waals surface area contributed by atoms with E-state index in [2.05, 4.69) is 25.2 Å². The summed E-state index contributed by atoms with van der Waals surface area (Å²) in [7, 11) is 0. The summed E-state index contributed by atoms with van der Waals surface area (Å²) in [5.74, 6) is -0.132. The second-order valence-electron chi connectivity index (χ2n) is 5.50. The Kier molecular flexibility index (Phi) is 4.73. The van der Waals surface area contributed by atoms with Crippen LogP contribution in [0.3, 0.4) is 0 Å². The summed E-state index contributed by atoms with van der Waals surface area (Å²) in [6, 6.07) is 8.15. The van der Waals surface area contributed by atoms with Gasteiger partial charge in [0.25, 0.3) is 5.91 Å². The molecule has 1 saturated heterocycles. The van der Waals surface area contributed by atoms with Gasteiger partial charge in [0.15, 0.2) is 11.5 Å². The zero-order valence-corrected chi connectivity index (χ0v) is 13.1. The molecule has 0 spiro atoms. The highest BCUT2D eigenvalue weighted by atomic mass is 19.4. The van der Waals surface area contributed by atoms with Gasteiger partial charge in [-0.1, -0.05) is 0 Å². The fourth-order valence-corrected chi connectivity index (χ4v) is 2.50. The van der Waals surface area contributed by atoms with Crippen LogP contribution in [0.1, 0.15) is 23.3 Å². The Morgan fingerprint density at radius 2 is 1.72 bits per heavy atom. The maximum Gasteiger partial charge on any atom is 0.573 e. The van der Waals surface area contributed by atoms with Crippen LogP contribution in [0, 0.1) is 0 Å². The van der Waals surface area contributed by atoms with Crippen LogP contribution in [0.25, 0.3) is 0 Å². The lowest BCUT2D eigenvalue weighted by molar-refractivity contribution is -0.274. The Labute approximate surface area is 141 Å². The summed E-state index contributed by atoms with van der Waals surface area (Å²) < 4.78 is 40.1. The Hall–Kier alpha value is -2.84. The first-order valence-corrected chi connectivity index (χ1v) is 7.66. The van der Waals surface area contributed by atoms with Gasteiger partial charge in [0.2, 0.25) is 0 Å². The van der Waals surface area contributed by atoms with Gasteiger partial charge in [-0.05, 0) is 49.2 Å². The van der Waals surface area contributed by atoms with Crippen LogP contribution >= 0.6 is 0 Å². The van der Waals surface area contributed by atoms with E-state index in [1.165, 1.54) is 12.1 Å². The minimum atomic E-state index is -4.75. The third kappa shape index (κ3) is 4.59. The van der Waals surface area contributed by atoms with Gasteiger partial charge in [0, 0.05) is 18.8 Å². The number of nitrogens with zero attached hydrogens (tertiary/aromatic N) is 3. The molecule has 1 aromatic carbocycles. The monoisotopic (exact) mass is 352 g/mol. The number of rotatable bonds is 4. The van der Waals surface area contributed by atoms with Gasteiger partial charge >= 0.3 is 6.36 Å². The Morgan fingerprint density at radius 3 is 2.28 bits per heavy atom. The largest absolute Gasteiger partial charge is 0.573 e. The lowest BCUT2D eigenvalue weighted by atomic mass is 10.3. The third-order valence-corrected chi connectivity index (χ3v) is 3.66. The van der Waals surface area contributed by atoms with Crippen molar-refractivity contribution in [3.63, 3.8) is 0 Å². The Balaban J connectivity index is 1.61. The number of carbonyl (C=O) groups is 1. The number of ether oxygens (including phenoxy) is 1. The van der Waals surface area contributed by atoms with Crippen LogP contribution in [0.4, 0.5) is 24.7 Å². The number of hydrogen-bond donors (Lipinski definition) is 1. The van der Waals surface area contributed by atoms with Gasteiger partial charge < -0.3 is 15.0 Å². The molecule has 1 amide bonds. The Morgan fingerprint density at radius 1 is 1.04 bits per heavy atom. The number of benzene rings is 1. The molecule has 1 N–H and O–H groups in total. The normalized spacial score (nSPS) is 14.4. The molecule has 1 aliphatic heterocycles. The van der Waals surface area contributed by atoms with E-state index in [0.29, 0.717) is 5.69 Å². The number of hydrogen-bond acceptors (Lipinski definition) is 5. The smallest absolute Gasteiger partial charge is 0.406 e. The topological polar surface area (TPSA) is 67.3 Å². The van der Waals surface area contributed by atoms with Gasteiger partial charge in [-0.2, -0.15) is 0 Å². The molecular weight excluding hydrogens is 337 g/mol. The molecule has 0 aliphatic carbocycles. The van der Waals surface area contributed by atoms with Crippen LogP contribution in [-0.4, -0.2) is 35.6 Å². The van der Waals surface area contributed by atoms with E-state index in [1.54, 1.807) is 12.1 Å². The average molecular weight is 352 g/mol. The van der Waals surface area contributed by atoms with Crippen molar-refractivity contribution in [2.24, 2.45) is 0 Å². The highest BCUT2D eigenvalue weighted by Crippen LogP contribution is 2.24. The molecule has 0 unspecified atom stereocenters. The van der Waals surface area contributed by atoms with Crippen molar-refractivity contribution >= 4 is 17.4 Å². The molecule has 132 valence electrons. The molecule has 25 heavy (non-hydrogen) atoms. The zero-order valence-electron chi connectivity index (χ0n) is 13.1. The lowest BCUT2D eigenvalue weighted by Crippen LogP contribution is -2.21. The molecule has 9 heteroatoms. The number of halogens is 3. The summed E-state index contributed by atoms with van der Waals surface area (Å²) in [6.07, 6.45) is -2.53. The summed E-state index contributed by atoms with van der Waals surface area (Å²) in [5, 5.41) is 10.5. The second-order valence-corrected chi connectivity index (χ2v) is 5.50. The summed E-state index contributed by atoms with van der Waals surface area (Å²) in [5.41, 5.74) is 0.448. The number of aromatic nitrogens is 2. The summed E-state index contributed by atoms with van der Waals surface area (Å²) in [6.45, 7) is 1.85. The first-order chi connectivity index (χ1) is 11.9. The van der Waals surface area contributed by atoms with Crippen LogP contribution in [0.5, 0.6) is 5.75 Å². The van der Waals surface area contributed by atoms with E-state index in [-0.39, 0.29) is 11.4 Å². The van der Waals surface area contributed by atoms with E-state index in [9.17, 15) is 18.0 Å². The maximum absolute atomic E-state index is 12.1. The number of anilines is 2. The van der Waals surface area contributed by atoms with Crippen molar-refractivity contribution in [3.05, 3.63) is 42.1 Å². The minimum Gasteiger partial charge on any atom is -0.406 e. The predicted octanol–water partition coefficient (Wildman–Crippen LogP) is 3.23. The lowest BCUT2D eigenvalue weighted by Gasteiger charge is -2.15. The Bertz CT molecular complexity index is 727. The SMILES string of the molecule is O=C(Nc1ccc(OC(F)(F)F)cc1)c1ccc(N2CCCC2)nn1. The number of carbonyl (C=O) groups excluding carboxylic acids is 1. The number of amides is 1. The molecule has 1 aromatic heterocycles. The summed E-state index contributed by atoms with van der Waals surface area (Å²) >= 11 is 0. The quantitative estimate of drug-likeness (QED) is 0.915. The van der Waals surface area contributed by atoms with Crippen LogP contribution < -0.4 is 15.0 Å². The highest BCUT2D eigenvalue weighted by Gasteiger charge is 2.31. The van der Waals surface area contributed by atoms with E-state index in [1.807, 2.05) is 0 Å². The molecule has 2 aromatic rings. The van der Waals surface area contributed by atoms with E-state index in [0.717, 1.165) is 43.9 Å². The maximum atomic E-state index is 12.1. The number of nitrogens with one attached hydrogen (secondary N) is 1. The van der Waals surface area contributed by atoms with Crippen LogP contribution in [0.2, 0.25) is 0 Å². The van der Waals surface area contributed by atoms with Crippen LogP contribution in [0.15, 0.2) is 36.4 Å². The van der Waals surface area contributed by atoms with Crippen molar-refractivity contribution in [2.75, 3.05) is 23.3 Å². The first kappa shape index (κ1) is 17.0. The van der Waals surface area contributed by atoms with Crippen molar-refractivity contribution < 1.29 is 22.7 Å². The predicted molar refractivity (Wildman–Crippen MR) is 84.6 cm³/mol. The average Bonchev–Trinajstić information content (AvgIpc) is 3.10. The van der Waals surface area contributed by atoms with Crippen molar-refractivity contribution in [3.8, 4) is 5.75 Å². The second kappa shape index (κ2) is 6.96.